The Balaban J connectivity index is 2.50. The first-order valence-corrected chi connectivity index (χ1v) is 5.12. The zero-order valence-corrected chi connectivity index (χ0v) is 9.01. The van der Waals surface area contributed by atoms with Crippen LogP contribution in [0.5, 0.6) is 5.75 Å². The number of rotatable bonds is 2. The van der Waals surface area contributed by atoms with Gasteiger partial charge in [-0.25, -0.2) is 0 Å². The number of fused-ring (bicyclic) bond motifs is 1. The fourth-order valence-corrected chi connectivity index (χ4v) is 1.99. The molecular weight excluding hydrogens is 224 g/mol. The molecule has 0 fully saturated rings. The molecule has 1 amide bonds. The van der Waals surface area contributed by atoms with Crippen molar-refractivity contribution in [2.24, 2.45) is 0 Å². The maximum atomic E-state index is 11.7. The zero-order valence-electron chi connectivity index (χ0n) is 9.01. The van der Waals surface area contributed by atoms with Crippen molar-refractivity contribution < 1.29 is 19.8 Å². The van der Waals surface area contributed by atoms with E-state index in [9.17, 15) is 14.7 Å². The number of aromatic hydroxyl groups is 1. The molecule has 6 heteroatoms. The standard InChI is InChI=1S/C11H12N2O4/c12-8-3-6(14)4-9-7(8)1-2-10(15)13(9)5-11(16)17/h3-4,14H,1-2,5,12H2,(H,16,17). The topological polar surface area (TPSA) is 104 Å². The van der Waals surface area contributed by atoms with Gasteiger partial charge in [0.05, 0.1) is 5.69 Å². The molecule has 90 valence electrons. The lowest BCUT2D eigenvalue weighted by Crippen LogP contribution is -2.39. The second-order valence-electron chi connectivity index (χ2n) is 3.91. The molecule has 0 atom stereocenters. The average molecular weight is 236 g/mol. The van der Waals surface area contributed by atoms with Gasteiger partial charge in [0.15, 0.2) is 0 Å². The Morgan fingerprint density at radius 1 is 1.41 bits per heavy atom. The molecule has 0 bridgehead atoms. The average Bonchev–Trinajstić information content (AvgIpc) is 2.21. The molecule has 1 heterocycles. The van der Waals surface area contributed by atoms with Crippen LogP contribution in [0.3, 0.4) is 0 Å². The van der Waals surface area contributed by atoms with Gasteiger partial charge in [-0.05, 0) is 12.0 Å². The van der Waals surface area contributed by atoms with Crippen molar-refractivity contribution in [2.45, 2.75) is 12.8 Å². The van der Waals surface area contributed by atoms with E-state index in [1.807, 2.05) is 0 Å². The number of carbonyl (C=O) groups excluding carboxylic acids is 1. The largest absolute Gasteiger partial charge is 0.508 e. The summed E-state index contributed by atoms with van der Waals surface area (Å²) in [5.74, 6) is -1.45. The van der Waals surface area contributed by atoms with Crippen LogP contribution in [0.25, 0.3) is 0 Å². The van der Waals surface area contributed by atoms with Gasteiger partial charge in [0.25, 0.3) is 0 Å². The van der Waals surface area contributed by atoms with Gasteiger partial charge < -0.3 is 20.8 Å². The highest BCUT2D eigenvalue weighted by Gasteiger charge is 2.27. The number of anilines is 2. The van der Waals surface area contributed by atoms with E-state index in [-0.39, 0.29) is 18.1 Å². The highest BCUT2D eigenvalue weighted by Crippen LogP contribution is 2.35. The summed E-state index contributed by atoms with van der Waals surface area (Å²) in [7, 11) is 0. The van der Waals surface area contributed by atoms with Gasteiger partial charge in [-0.3, -0.25) is 9.59 Å². The number of phenolic OH excluding ortho intramolecular Hbond substituents is 1. The number of amides is 1. The van der Waals surface area contributed by atoms with Crippen LogP contribution in [0.2, 0.25) is 0 Å². The highest BCUT2D eigenvalue weighted by molar-refractivity contribution is 6.01. The molecule has 1 aliphatic heterocycles. The number of carboxylic acid groups (broad SMARTS) is 1. The number of carbonyl (C=O) groups is 2. The van der Waals surface area contributed by atoms with Crippen LogP contribution < -0.4 is 10.6 Å². The summed E-state index contributed by atoms with van der Waals surface area (Å²) in [5.41, 5.74) is 7.21. The number of nitrogens with two attached hydrogens (primary N) is 1. The molecule has 1 aliphatic rings. The Hall–Kier alpha value is -2.24. The van der Waals surface area contributed by atoms with Gasteiger partial charge >= 0.3 is 5.97 Å². The lowest BCUT2D eigenvalue weighted by atomic mass is 9.99. The molecule has 0 aliphatic carbocycles. The van der Waals surface area contributed by atoms with Crippen LogP contribution in [0.4, 0.5) is 11.4 Å². The molecule has 4 N–H and O–H groups in total. The quantitative estimate of drug-likeness (QED) is 0.642. The van der Waals surface area contributed by atoms with Crippen LogP contribution in [-0.4, -0.2) is 28.6 Å². The van der Waals surface area contributed by atoms with Crippen LogP contribution in [0.1, 0.15) is 12.0 Å². The van der Waals surface area contributed by atoms with Gasteiger partial charge in [-0.1, -0.05) is 0 Å². The SMILES string of the molecule is Nc1cc(O)cc2c1CCC(=O)N2CC(=O)O. The molecule has 1 aromatic carbocycles. The molecule has 6 nitrogen and oxygen atoms in total. The first kappa shape index (κ1) is 11.3. The Labute approximate surface area is 97.3 Å². The summed E-state index contributed by atoms with van der Waals surface area (Å²) in [6, 6.07) is 2.76. The third-order valence-corrected chi connectivity index (χ3v) is 2.72. The molecule has 0 radical (unpaired) electrons. The molecule has 17 heavy (non-hydrogen) atoms. The molecule has 0 unspecified atom stereocenters. The molecule has 2 rings (SSSR count). The van der Waals surface area contributed by atoms with Crippen molar-refractivity contribution >= 4 is 23.3 Å². The van der Waals surface area contributed by atoms with Gasteiger partial charge in [-0.2, -0.15) is 0 Å². The minimum atomic E-state index is -1.10. The third kappa shape index (κ3) is 2.01. The van der Waals surface area contributed by atoms with Crippen LogP contribution in [0, 0.1) is 0 Å². The predicted molar refractivity (Wildman–Crippen MR) is 60.8 cm³/mol. The van der Waals surface area contributed by atoms with Gasteiger partial charge in [-0.15, -0.1) is 0 Å². The number of carboxylic acids is 1. The first-order valence-electron chi connectivity index (χ1n) is 5.12. The van der Waals surface area contributed by atoms with E-state index in [0.29, 0.717) is 23.4 Å². The lowest BCUT2D eigenvalue weighted by molar-refractivity contribution is -0.136. The number of aliphatic carboxylic acids is 1. The van der Waals surface area contributed by atoms with Crippen LogP contribution in [0.15, 0.2) is 12.1 Å². The Morgan fingerprint density at radius 3 is 2.76 bits per heavy atom. The number of nitrogen functional groups attached to an aromatic ring is 1. The van der Waals surface area contributed by atoms with Gasteiger partial charge in [0.2, 0.25) is 5.91 Å². The number of benzene rings is 1. The summed E-state index contributed by atoms with van der Waals surface area (Å²) >= 11 is 0. The second kappa shape index (κ2) is 3.97. The van der Waals surface area contributed by atoms with Gasteiger partial charge in [0, 0.05) is 24.2 Å². The van der Waals surface area contributed by atoms with Crippen LogP contribution in [-0.2, 0) is 16.0 Å². The summed E-state index contributed by atoms with van der Waals surface area (Å²) in [5, 5.41) is 18.2. The normalized spacial score (nSPS) is 14.6. The molecule has 0 saturated carbocycles. The highest BCUT2D eigenvalue weighted by atomic mass is 16.4. The fourth-order valence-electron chi connectivity index (χ4n) is 1.99. The maximum Gasteiger partial charge on any atom is 0.323 e. The van der Waals surface area contributed by atoms with Crippen LogP contribution >= 0.6 is 0 Å². The number of hydrogen-bond donors (Lipinski definition) is 3. The predicted octanol–water partition coefficient (Wildman–Crippen LogP) is 0.338. The molecule has 1 aromatic rings. The summed E-state index contributed by atoms with van der Waals surface area (Å²) in [4.78, 5) is 23.5. The minimum absolute atomic E-state index is 0.0775. The first-order chi connectivity index (χ1) is 7.99. The maximum absolute atomic E-state index is 11.7. The monoisotopic (exact) mass is 236 g/mol. The third-order valence-electron chi connectivity index (χ3n) is 2.72. The van der Waals surface area contributed by atoms with E-state index in [0.717, 1.165) is 4.90 Å². The summed E-state index contributed by atoms with van der Waals surface area (Å²) in [6.07, 6.45) is 0.700. The minimum Gasteiger partial charge on any atom is -0.508 e. The number of nitrogens with zero attached hydrogens (tertiary/aromatic N) is 1. The second-order valence-corrected chi connectivity index (χ2v) is 3.91. The van der Waals surface area contributed by atoms with E-state index in [1.165, 1.54) is 12.1 Å². The van der Waals surface area contributed by atoms with E-state index >= 15 is 0 Å². The van der Waals surface area contributed by atoms with Crippen molar-refractivity contribution in [3.63, 3.8) is 0 Å². The van der Waals surface area contributed by atoms with E-state index in [1.54, 1.807) is 0 Å². The van der Waals surface area contributed by atoms with E-state index in [4.69, 9.17) is 10.8 Å². The fraction of sp³-hybridized carbons (Fsp3) is 0.273. The Kier molecular flexibility index (Phi) is 2.63. The number of phenols is 1. The molecule has 0 spiro atoms. The van der Waals surface area contributed by atoms with Crippen molar-refractivity contribution in [3.05, 3.63) is 17.7 Å². The van der Waals surface area contributed by atoms with Crippen molar-refractivity contribution in [1.29, 1.82) is 0 Å². The van der Waals surface area contributed by atoms with Crippen molar-refractivity contribution in [3.8, 4) is 5.75 Å². The Morgan fingerprint density at radius 2 is 2.12 bits per heavy atom. The smallest absolute Gasteiger partial charge is 0.323 e. The van der Waals surface area contributed by atoms with Crippen molar-refractivity contribution in [2.75, 3.05) is 17.2 Å². The number of hydrogen-bond acceptors (Lipinski definition) is 4. The molecular formula is C11H12N2O4. The molecule has 0 saturated heterocycles. The molecule has 0 aromatic heterocycles. The van der Waals surface area contributed by atoms with E-state index < -0.39 is 12.5 Å². The summed E-state index contributed by atoms with van der Waals surface area (Å²) in [6.45, 7) is -0.422. The van der Waals surface area contributed by atoms with Gasteiger partial charge in [0.1, 0.15) is 12.3 Å². The Bertz CT molecular complexity index is 498. The van der Waals surface area contributed by atoms with E-state index in [2.05, 4.69) is 0 Å². The zero-order chi connectivity index (χ0) is 12.6. The summed E-state index contributed by atoms with van der Waals surface area (Å²) < 4.78 is 0. The lowest BCUT2D eigenvalue weighted by Gasteiger charge is -2.29. The van der Waals surface area contributed by atoms with Crippen molar-refractivity contribution in [1.82, 2.24) is 0 Å².